The number of halogens is 1. The average molecular weight is 516 g/mol. The normalized spacial score (nSPS) is 13.4. The Balaban J connectivity index is 1.23. The van der Waals surface area contributed by atoms with Gasteiger partial charge >= 0.3 is 0 Å². The molecule has 0 saturated heterocycles. The van der Waals surface area contributed by atoms with Gasteiger partial charge in [-0.1, -0.05) is 12.1 Å². The third-order valence-electron chi connectivity index (χ3n) is 6.53. The molecule has 0 spiro atoms. The lowest BCUT2D eigenvalue weighted by Gasteiger charge is -2.16. The minimum Gasteiger partial charge on any atom is -0.493 e. The van der Waals surface area contributed by atoms with Crippen molar-refractivity contribution in [3.63, 3.8) is 0 Å². The van der Waals surface area contributed by atoms with Crippen LogP contribution in [-0.2, 0) is 16.1 Å². The molecule has 1 aromatic heterocycles. The second kappa shape index (κ2) is 10.4. The fourth-order valence-corrected chi connectivity index (χ4v) is 4.16. The molecular formula is C29H26FN3O5. The Bertz CT molecular complexity index is 1490. The van der Waals surface area contributed by atoms with Crippen LogP contribution in [-0.4, -0.2) is 31.0 Å². The van der Waals surface area contributed by atoms with Gasteiger partial charge in [-0.3, -0.25) is 14.6 Å². The summed E-state index contributed by atoms with van der Waals surface area (Å²) in [6.07, 6.45) is 2.59. The number of fused-ring (bicyclic) bond motifs is 1. The Labute approximate surface area is 218 Å². The van der Waals surface area contributed by atoms with Gasteiger partial charge in [0.2, 0.25) is 11.8 Å². The summed E-state index contributed by atoms with van der Waals surface area (Å²) in [5.74, 6) is 1.24. The van der Waals surface area contributed by atoms with Crippen molar-refractivity contribution >= 4 is 28.4 Å². The van der Waals surface area contributed by atoms with E-state index < -0.39 is 5.41 Å². The first-order chi connectivity index (χ1) is 18.4. The number of hydrogen-bond donors (Lipinski definition) is 2. The van der Waals surface area contributed by atoms with E-state index >= 15 is 0 Å². The van der Waals surface area contributed by atoms with Gasteiger partial charge in [0.15, 0.2) is 11.5 Å². The number of carbonyl (C=O) groups excluding carboxylic acids is 2. The predicted molar refractivity (Wildman–Crippen MR) is 140 cm³/mol. The molecule has 38 heavy (non-hydrogen) atoms. The quantitative estimate of drug-likeness (QED) is 0.297. The van der Waals surface area contributed by atoms with Crippen molar-refractivity contribution in [2.75, 3.05) is 19.5 Å². The van der Waals surface area contributed by atoms with Crippen molar-refractivity contribution in [2.24, 2.45) is 5.41 Å². The smallest absolute Gasteiger partial charge is 0.240 e. The van der Waals surface area contributed by atoms with E-state index in [9.17, 15) is 14.0 Å². The van der Waals surface area contributed by atoms with Gasteiger partial charge in [-0.15, -0.1) is 0 Å². The van der Waals surface area contributed by atoms with E-state index in [-0.39, 0.29) is 24.2 Å². The van der Waals surface area contributed by atoms with Crippen LogP contribution >= 0.6 is 0 Å². The average Bonchev–Trinajstić information content (AvgIpc) is 3.75. The van der Waals surface area contributed by atoms with Crippen LogP contribution in [0.15, 0.2) is 72.9 Å². The summed E-state index contributed by atoms with van der Waals surface area (Å²) in [5, 5.41) is 6.38. The number of ether oxygens (including phenoxy) is 3. The zero-order valence-corrected chi connectivity index (χ0v) is 20.9. The van der Waals surface area contributed by atoms with Gasteiger partial charge in [-0.2, -0.15) is 0 Å². The highest BCUT2D eigenvalue weighted by atomic mass is 19.1. The fraction of sp³-hybridized carbons (Fsp3) is 0.207. The van der Waals surface area contributed by atoms with Crippen LogP contribution in [0.4, 0.5) is 10.1 Å². The minimum absolute atomic E-state index is 0.225. The molecule has 1 heterocycles. The molecule has 3 aromatic carbocycles. The van der Waals surface area contributed by atoms with Crippen molar-refractivity contribution in [1.82, 2.24) is 10.3 Å². The Morgan fingerprint density at radius 1 is 0.895 bits per heavy atom. The predicted octanol–water partition coefficient (Wildman–Crippen LogP) is 5.22. The molecule has 0 radical (unpaired) electrons. The molecule has 0 atom stereocenters. The number of hydrogen-bond acceptors (Lipinski definition) is 6. The Morgan fingerprint density at radius 3 is 2.24 bits per heavy atom. The van der Waals surface area contributed by atoms with Gasteiger partial charge in [0.1, 0.15) is 22.7 Å². The Morgan fingerprint density at radius 2 is 1.58 bits per heavy atom. The summed E-state index contributed by atoms with van der Waals surface area (Å²) < 4.78 is 29.9. The number of benzene rings is 3. The number of pyridine rings is 1. The molecule has 2 amide bonds. The zero-order chi connectivity index (χ0) is 26.7. The van der Waals surface area contributed by atoms with Crippen LogP contribution in [0.25, 0.3) is 10.9 Å². The molecule has 8 nitrogen and oxygen atoms in total. The van der Waals surface area contributed by atoms with E-state index in [2.05, 4.69) is 15.6 Å². The van der Waals surface area contributed by atoms with E-state index in [4.69, 9.17) is 14.2 Å². The zero-order valence-electron chi connectivity index (χ0n) is 20.9. The number of nitrogens with one attached hydrogen (secondary N) is 2. The second-order valence-electron chi connectivity index (χ2n) is 9.01. The first-order valence-corrected chi connectivity index (χ1v) is 12.0. The molecular weight excluding hydrogens is 489 g/mol. The molecule has 0 bridgehead atoms. The highest BCUT2D eigenvalue weighted by Gasteiger charge is 2.56. The maximum Gasteiger partial charge on any atom is 0.240 e. The van der Waals surface area contributed by atoms with Crippen LogP contribution in [0.5, 0.6) is 23.0 Å². The number of carbonyl (C=O) groups is 2. The number of amides is 2. The van der Waals surface area contributed by atoms with E-state index in [1.807, 2.05) is 0 Å². The number of aromatic nitrogens is 1. The summed E-state index contributed by atoms with van der Waals surface area (Å²) >= 11 is 0. The molecule has 1 fully saturated rings. The standard InChI is InChI=1S/C29H26FN3O5/c1-36-25-15-22-23(16-26(25)37-2)31-14-11-24(22)38-21-9-7-20(8-10-21)33-28(35)29(12-13-29)27(34)32-17-18-3-5-19(30)6-4-18/h3-11,14-16H,12-13,17H2,1-2H3,(H,32,34)(H,33,35). The topological polar surface area (TPSA) is 98.8 Å². The number of anilines is 1. The number of methoxy groups -OCH3 is 2. The molecule has 0 unspecified atom stereocenters. The van der Waals surface area contributed by atoms with Crippen molar-refractivity contribution in [1.29, 1.82) is 0 Å². The van der Waals surface area contributed by atoms with Gasteiger partial charge in [-0.25, -0.2) is 4.39 Å². The maximum absolute atomic E-state index is 13.1. The van der Waals surface area contributed by atoms with Crippen LogP contribution in [0.1, 0.15) is 18.4 Å². The number of rotatable bonds is 9. The van der Waals surface area contributed by atoms with Crippen LogP contribution in [0.2, 0.25) is 0 Å². The fourth-order valence-electron chi connectivity index (χ4n) is 4.16. The Kier molecular flexibility index (Phi) is 6.83. The summed E-state index contributed by atoms with van der Waals surface area (Å²) in [4.78, 5) is 30.1. The molecule has 1 aliphatic carbocycles. The first kappa shape index (κ1) is 25.0. The lowest BCUT2D eigenvalue weighted by Crippen LogP contribution is -2.39. The van der Waals surface area contributed by atoms with E-state index in [1.165, 1.54) is 12.1 Å². The summed E-state index contributed by atoms with van der Waals surface area (Å²) in [5.41, 5.74) is 0.902. The lowest BCUT2D eigenvalue weighted by molar-refractivity contribution is -0.134. The Hall–Kier alpha value is -4.66. The summed E-state index contributed by atoms with van der Waals surface area (Å²) in [6.45, 7) is 0.225. The maximum atomic E-state index is 13.1. The van der Waals surface area contributed by atoms with Crippen LogP contribution in [0.3, 0.4) is 0 Å². The van der Waals surface area contributed by atoms with E-state index in [0.717, 1.165) is 10.9 Å². The molecule has 5 rings (SSSR count). The molecule has 9 heteroatoms. The molecule has 4 aromatic rings. The van der Waals surface area contributed by atoms with Crippen molar-refractivity contribution < 1.29 is 28.2 Å². The van der Waals surface area contributed by atoms with E-state index in [1.54, 1.807) is 75.0 Å². The van der Waals surface area contributed by atoms with Gasteiger partial charge in [0.05, 0.1) is 19.7 Å². The molecule has 1 aliphatic rings. The molecule has 0 aliphatic heterocycles. The van der Waals surface area contributed by atoms with Crippen LogP contribution in [0, 0.1) is 11.2 Å². The van der Waals surface area contributed by atoms with Gasteiger partial charge in [0.25, 0.3) is 0 Å². The minimum atomic E-state index is -1.09. The van der Waals surface area contributed by atoms with Gasteiger partial charge in [-0.05, 0) is 66.9 Å². The largest absolute Gasteiger partial charge is 0.493 e. The monoisotopic (exact) mass is 515 g/mol. The van der Waals surface area contributed by atoms with Crippen molar-refractivity contribution in [2.45, 2.75) is 19.4 Å². The molecule has 194 valence electrons. The summed E-state index contributed by atoms with van der Waals surface area (Å²) in [7, 11) is 3.13. The lowest BCUT2D eigenvalue weighted by atomic mass is 10.0. The van der Waals surface area contributed by atoms with Gasteiger partial charge < -0.3 is 24.8 Å². The molecule has 1 saturated carbocycles. The van der Waals surface area contributed by atoms with Crippen molar-refractivity contribution in [3.8, 4) is 23.0 Å². The van der Waals surface area contributed by atoms with Crippen LogP contribution < -0.4 is 24.8 Å². The third-order valence-corrected chi connectivity index (χ3v) is 6.53. The second-order valence-corrected chi connectivity index (χ2v) is 9.01. The number of nitrogens with zero attached hydrogens (tertiary/aromatic N) is 1. The van der Waals surface area contributed by atoms with Gasteiger partial charge in [0, 0.05) is 29.9 Å². The van der Waals surface area contributed by atoms with Crippen molar-refractivity contribution in [3.05, 3.63) is 84.3 Å². The highest BCUT2D eigenvalue weighted by molar-refractivity contribution is 6.13. The molecule has 2 N–H and O–H groups in total. The SMILES string of the molecule is COc1cc2nccc(Oc3ccc(NC(=O)C4(C(=O)NCc5ccc(F)cc5)CC4)cc3)c2cc1OC. The third kappa shape index (κ3) is 5.08. The first-order valence-electron chi connectivity index (χ1n) is 12.0. The van der Waals surface area contributed by atoms with E-state index in [0.29, 0.717) is 47.0 Å². The summed E-state index contributed by atoms with van der Waals surface area (Å²) in [6, 6.07) is 18.1. The highest BCUT2D eigenvalue weighted by Crippen LogP contribution is 2.47.